The second kappa shape index (κ2) is 9.41. The quantitative estimate of drug-likeness (QED) is 0.147. The minimum atomic E-state index is -0.206. The summed E-state index contributed by atoms with van der Waals surface area (Å²) in [6.45, 7) is 0. The van der Waals surface area contributed by atoms with Gasteiger partial charge in [0.15, 0.2) is 0 Å². The Morgan fingerprint density at radius 2 is 1.47 bits per heavy atom. The molecule has 0 saturated heterocycles. The molecule has 0 spiro atoms. The van der Waals surface area contributed by atoms with E-state index in [2.05, 4.69) is 23.3 Å². The van der Waals surface area contributed by atoms with E-state index >= 15 is 0 Å². The van der Waals surface area contributed by atoms with E-state index in [1.165, 1.54) is 0 Å². The van der Waals surface area contributed by atoms with Crippen LogP contribution in [0.4, 0.5) is 17.1 Å². The maximum atomic E-state index is 12.9. The first-order chi connectivity index (χ1) is 15.5. The molecule has 158 valence electrons. The Morgan fingerprint density at radius 3 is 2.19 bits per heavy atom. The van der Waals surface area contributed by atoms with Gasteiger partial charge < -0.3 is 16.4 Å². The average Bonchev–Trinajstić information content (AvgIpc) is 2.81. The highest BCUT2D eigenvalue weighted by atomic mass is 32.1. The van der Waals surface area contributed by atoms with E-state index in [1.807, 2.05) is 72.8 Å². The summed E-state index contributed by atoms with van der Waals surface area (Å²) in [5, 5.41) is 13.9. The van der Waals surface area contributed by atoms with E-state index in [1.54, 1.807) is 24.3 Å². The molecule has 5 nitrogen and oxygen atoms in total. The summed E-state index contributed by atoms with van der Waals surface area (Å²) < 4.78 is 0. The summed E-state index contributed by atoms with van der Waals surface area (Å²) in [6, 6.07) is 30.0. The van der Waals surface area contributed by atoms with E-state index in [-0.39, 0.29) is 11.7 Å². The molecule has 0 fully saturated rings. The van der Waals surface area contributed by atoms with E-state index in [9.17, 15) is 4.79 Å². The number of para-hydroxylation sites is 2. The Bertz CT molecular complexity index is 1290. The van der Waals surface area contributed by atoms with Crippen molar-refractivity contribution >= 4 is 41.4 Å². The fourth-order valence-electron chi connectivity index (χ4n) is 3.33. The minimum absolute atomic E-state index is 0.000718. The third-order valence-electron chi connectivity index (χ3n) is 4.99. The van der Waals surface area contributed by atoms with Crippen molar-refractivity contribution in [1.29, 1.82) is 5.41 Å². The summed E-state index contributed by atoms with van der Waals surface area (Å²) in [5.41, 5.74) is 10.9. The lowest BCUT2D eigenvalue weighted by molar-refractivity contribution is 0.102. The van der Waals surface area contributed by atoms with Gasteiger partial charge >= 0.3 is 0 Å². The predicted molar refractivity (Wildman–Crippen MR) is 134 cm³/mol. The topological polar surface area (TPSA) is 91.0 Å². The van der Waals surface area contributed by atoms with Crippen LogP contribution >= 0.6 is 12.6 Å². The van der Waals surface area contributed by atoms with Gasteiger partial charge in [-0.05, 0) is 53.6 Å². The molecule has 5 N–H and O–H groups in total. The van der Waals surface area contributed by atoms with Crippen LogP contribution in [0, 0.1) is 5.41 Å². The van der Waals surface area contributed by atoms with Gasteiger partial charge in [0.2, 0.25) is 0 Å². The molecule has 0 bridgehead atoms. The lowest BCUT2D eigenvalue weighted by atomic mass is 10.0. The van der Waals surface area contributed by atoms with E-state index in [0.717, 1.165) is 27.4 Å². The summed E-state index contributed by atoms with van der Waals surface area (Å²) in [5.74, 6) is -0.207. The van der Waals surface area contributed by atoms with Gasteiger partial charge in [0.05, 0.1) is 11.4 Å². The molecule has 0 saturated carbocycles. The summed E-state index contributed by atoms with van der Waals surface area (Å²) in [7, 11) is 0. The molecule has 4 aromatic rings. The predicted octanol–water partition coefficient (Wildman–Crippen LogP) is 5.92. The molecule has 0 aromatic heterocycles. The molecule has 6 heteroatoms. The largest absolute Gasteiger partial charge is 0.384 e. The zero-order chi connectivity index (χ0) is 22.5. The average molecular weight is 439 g/mol. The van der Waals surface area contributed by atoms with Crippen molar-refractivity contribution in [3.8, 4) is 11.1 Å². The number of thiol groups is 1. The van der Waals surface area contributed by atoms with Gasteiger partial charge in [0.25, 0.3) is 5.91 Å². The second-order valence-electron chi connectivity index (χ2n) is 7.21. The Kier molecular flexibility index (Phi) is 6.24. The highest BCUT2D eigenvalue weighted by Crippen LogP contribution is 2.28. The summed E-state index contributed by atoms with van der Waals surface area (Å²) >= 11 is 4.51. The summed E-state index contributed by atoms with van der Waals surface area (Å²) in [6.07, 6.45) is 0. The molecule has 0 radical (unpaired) electrons. The van der Waals surface area contributed by atoms with Gasteiger partial charge in [0, 0.05) is 21.7 Å². The first-order valence-corrected chi connectivity index (χ1v) is 10.5. The number of carbonyl (C=O) groups is 1. The number of hydrogen-bond acceptors (Lipinski definition) is 4. The van der Waals surface area contributed by atoms with Crippen LogP contribution in [0.1, 0.15) is 15.9 Å². The van der Waals surface area contributed by atoms with Crippen molar-refractivity contribution < 1.29 is 4.79 Å². The van der Waals surface area contributed by atoms with E-state index in [4.69, 9.17) is 11.1 Å². The molecule has 4 rings (SSSR count). The molecule has 32 heavy (non-hydrogen) atoms. The van der Waals surface area contributed by atoms with Gasteiger partial charge in [-0.15, -0.1) is 12.6 Å². The first kappa shape index (κ1) is 21.2. The smallest absolute Gasteiger partial charge is 0.255 e. The van der Waals surface area contributed by atoms with Crippen LogP contribution in [-0.4, -0.2) is 11.7 Å². The number of nitrogen functional groups attached to an aromatic ring is 1. The molecule has 0 atom stereocenters. The molecule has 0 unspecified atom stereocenters. The lowest BCUT2D eigenvalue weighted by Gasteiger charge is -2.14. The standard InChI is InChI=1S/C26H22N4OS/c27-25(28)19-6-5-7-20(16-19)29-22-9-2-3-10-23(22)30-26(31)18-14-12-17(13-15-18)21-8-1-4-11-24(21)32/h1-16,29,32H,(H3,27,28)(H,30,31). The van der Waals surface area contributed by atoms with Crippen LogP contribution in [-0.2, 0) is 0 Å². The number of amides is 1. The van der Waals surface area contributed by atoms with Gasteiger partial charge in [-0.2, -0.15) is 0 Å². The van der Waals surface area contributed by atoms with Crippen LogP contribution in [0.15, 0.2) is 102 Å². The molecule has 0 aliphatic rings. The molecular weight excluding hydrogens is 416 g/mol. The van der Waals surface area contributed by atoms with Crippen molar-refractivity contribution in [3.05, 3.63) is 108 Å². The van der Waals surface area contributed by atoms with Crippen LogP contribution in [0.5, 0.6) is 0 Å². The van der Waals surface area contributed by atoms with Crippen LogP contribution in [0.25, 0.3) is 11.1 Å². The summed E-state index contributed by atoms with van der Waals surface area (Å²) in [4.78, 5) is 13.8. The molecule has 1 amide bonds. The first-order valence-electron chi connectivity index (χ1n) is 10.0. The number of hydrogen-bond donors (Lipinski definition) is 5. The normalized spacial score (nSPS) is 10.4. The number of nitrogens with one attached hydrogen (secondary N) is 3. The maximum absolute atomic E-state index is 12.9. The van der Waals surface area contributed by atoms with E-state index < -0.39 is 0 Å². The number of nitrogens with two attached hydrogens (primary N) is 1. The second-order valence-corrected chi connectivity index (χ2v) is 7.70. The molecule has 0 aliphatic carbocycles. The molecular formula is C26H22N4OS. The van der Waals surface area contributed by atoms with Crippen molar-refractivity contribution in [2.45, 2.75) is 4.90 Å². The zero-order valence-electron chi connectivity index (χ0n) is 17.2. The number of carbonyl (C=O) groups excluding carboxylic acids is 1. The van der Waals surface area contributed by atoms with Crippen molar-refractivity contribution in [1.82, 2.24) is 0 Å². The fourth-order valence-corrected chi connectivity index (χ4v) is 3.62. The van der Waals surface area contributed by atoms with Crippen molar-refractivity contribution in [2.24, 2.45) is 5.73 Å². The Labute approximate surface area is 192 Å². The van der Waals surface area contributed by atoms with Gasteiger partial charge in [-0.25, -0.2) is 0 Å². The van der Waals surface area contributed by atoms with Crippen molar-refractivity contribution in [3.63, 3.8) is 0 Å². The molecule has 0 heterocycles. The molecule has 0 aliphatic heterocycles. The number of benzene rings is 4. The van der Waals surface area contributed by atoms with Gasteiger partial charge in [-0.3, -0.25) is 10.2 Å². The number of amidine groups is 1. The minimum Gasteiger partial charge on any atom is -0.384 e. The Balaban J connectivity index is 1.52. The van der Waals surface area contributed by atoms with Crippen LogP contribution < -0.4 is 16.4 Å². The Morgan fingerprint density at radius 1 is 0.781 bits per heavy atom. The Hall–Kier alpha value is -4.03. The van der Waals surface area contributed by atoms with E-state index in [0.29, 0.717) is 16.8 Å². The van der Waals surface area contributed by atoms with Crippen molar-refractivity contribution in [2.75, 3.05) is 10.6 Å². The maximum Gasteiger partial charge on any atom is 0.255 e. The highest BCUT2D eigenvalue weighted by molar-refractivity contribution is 7.80. The van der Waals surface area contributed by atoms with Gasteiger partial charge in [-0.1, -0.05) is 54.6 Å². The SMILES string of the molecule is N=C(N)c1cccc(Nc2ccccc2NC(=O)c2ccc(-c3ccccc3S)cc2)c1. The van der Waals surface area contributed by atoms with Crippen LogP contribution in [0.3, 0.4) is 0 Å². The number of rotatable bonds is 6. The monoisotopic (exact) mass is 438 g/mol. The highest BCUT2D eigenvalue weighted by Gasteiger charge is 2.11. The lowest BCUT2D eigenvalue weighted by Crippen LogP contribution is -2.13. The third-order valence-corrected chi connectivity index (χ3v) is 5.38. The number of anilines is 3. The van der Waals surface area contributed by atoms with Gasteiger partial charge in [0.1, 0.15) is 5.84 Å². The third kappa shape index (κ3) is 4.82. The fraction of sp³-hybridized carbons (Fsp3) is 0. The molecule has 4 aromatic carbocycles. The zero-order valence-corrected chi connectivity index (χ0v) is 18.1. The van der Waals surface area contributed by atoms with Crippen LogP contribution in [0.2, 0.25) is 0 Å².